The molecule has 3 aromatic rings. The second-order valence-electron chi connectivity index (χ2n) is 13.4. The molecule has 2 fully saturated rings. The van der Waals surface area contributed by atoms with Gasteiger partial charge < -0.3 is 30.5 Å². The molecule has 0 radical (unpaired) electrons. The molecule has 10 nitrogen and oxygen atoms in total. The Morgan fingerprint density at radius 1 is 0.812 bits per heavy atom. The van der Waals surface area contributed by atoms with Crippen LogP contribution in [0.3, 0.4) is 0 Å². The Morgan fingerprint density at radius 3 is 2.00 bits per heavy atom. The van der Waals surface area contributed by atoms with E-state index >= 15 is 0 Å². The number of anilines is 2. The van der Waals surface area contributed by atoms with Gasteiger partial charge in [-0.3, -0.25) is 14.4 Å². The Morgan fingerprint density at radius 2 is 1.42 bits per heavy atom. The SMILES string of the molecule is CCCOc1ccccc1CON1C[C@@H](N(C)C)C[C@H]1C(=O)Nc1ccc(CCc2ccc(NC(=O)[C@@H]3C[C@H](N(C)C)CN3)cc2)cc1. The molecule has 3 N–H and O–H groups in total. The zero-order valence-electron chi connectivity index (χ0n) is 29.1. The zero-order valence-corrected chi connectivity index (χ0v) is 29.1. The van der Waals surface area contributed by atoms with Gasteiger partial charge in [0.15, 0.2) is 0 Å². The fraction of sp³-hybridized carbons (Fsp3) is 0.474. The summed E-state index contributed by atoms with van der Waals surface area (Å²) in [7, 11) is 8.17. The van der Waals surface area contributed by atoms with Crippen molar-refractivity contribution < 1.29 is 19.2 Å². The molecular weight excluding hydrogens is 604 g/mol. The number of benzene rings is 3. The number of hydroxylamine groups is 2. The van der Waals surface area contributed by atoms with E-state index in [9.17, 15) is 9.59 Å². The average Bonchev–Trinajstić information content (AvgIpc) is 3.76. The first-order valence-corrected chi connectivity index (χ1v) is 17.2. The van der Waals surface area contributed by atoms with Crippen molar-refractivity contribution in [2.24, 2.45) is 0 Å². The van der Waals surface area contributed by atoms with Crippen molar-refractivity contribution in [1.29, 1.82) is 0 Å². The summed E-state index contributed by atoms with van der Waals surface area (Å²) in [5.74, 6) is 0.764. The molecule has 2 aliphatic heterocycles. The Hall–Kier alpha value is -3.80. The molecule has 3 aromatic carbocycles. The van der Waals surface area contributed by atoms with Crippen LogP contribution in [0.25, 0.3) is 0 Å². The molecule has 48 heavy (non-hydrogen) atoms. The molecule has 10 heteroatoms. The molecule has 0 saturated carbocycles. The summed E-state index contributed by atoms with van der Waals surface area (Å²) in [6, 6.07) is 24.1. The van der Waals surface area contributed by atoms with Gasteiger partial charge in [-0.2, -0.15) is 5.06 Å². The van der Waals surface area contributed by atoms with Crippen LogP contribution in [-0.4, -0.2) is 98.7 Å². The molecule has 0 aromatic heterocycles. The Kier molecular flexibility index (Phi) is 12.6. The maximum absolute atomic E-state index is 13.5. The molecule has 5 rings (SSSR count). The number of hydrogen-bond acceptors (Lipinski definition) is 8. The van der Waals surface area contributed by atoms with Crippen LogP contribution < -0.4 is 20.7 Å². The summed E-state index contributed by atoms with van der Waals surface area (Å²) < 4.78 is 5.90. The van der Waals surface area contributed by atoms with Gasteiger partial charge in [0, 0.05) is 42.1 Å². The molecule has 2 saturated heterocycles. The zero-order chi connectivity index (χ0) is 34.0. The summed E-state index contributed by atoms with van der Waals surface area (Å²) in [6.07, 6.45) is 4.18. The molecule has 2 heterocycles. The lowest BCUT2D eigenvalue weighted by Gasteiger charge is -2.24. The second kappa shape index (κ2) is 17.0. The van der Waals surface area contributed by atoms with E-state index in [1.807, 2.05) is 81.8 Å². The van der Waals surface area contributed by atoms with Gasteiger partial charge in [-0.1, -0.05) is 49.4 Å². The number of nitrogens with zero attached hydrogens (tertiary/aromatic N) is 3. The number of aryl methyl sites for hydroxylation is 2. The van der Waals surface area contributed by atoms with E-state index in [2.05, 4.69) is 56.9 Å². The lowest BCUT2D eigenvalue weighted by atomic mass is 10.0. The minimum absolute atomic E-state index is 0.0173. The van der Waals surface area contributed by atoms with Crippen molar-refractivity contribution in [3.05, 3.63) is 89.5 Å². The third-order valence-corrected chi connectivity index (χ3v) is 9.39. The topological polar surface area (TPSA) is 98.4 Å². The monoisotopic (exact) mass is 656 g/mol. The van der Waals surface area contributed by atoms with Gasteiger partial charge in [-0.05, 0) is 102 Å². The van der Waals surface area contributed by atoms with Crippen molar-refractivity contribution in [2.45, 2.75) is 69.8 Å². The van der Waals surface area contributed by atoms with Gasteiger partial charge in [-0.15, -0.1) is 0 Å². The number of ether oxygens (including phenoxy) is 1. The number of hydrogen-bond donors (Lipinski definition) is 3. The number of likely N-dealkylation sites (N-methyl/N-ethyl adjacent to an activating group) is 2. The largest absolute Gasteiger partial charge is 0.493 e. The van der Waals surface area contributed by atoms with Crippen molar-refractivity contribution in [1.82, 2.24) is 20.2 Å². The van der Waals surface area contributed by atoms with Crippen molar-refractivity contribution in [3.8, 4) is 5.75 Å². The fourth-order valence-electron chi connectivity index (χ4n) is 6.23. The molecular formula is C38H52N6O4. The van der Waals surface area contributed by atoms with E-state index in [1.165, 1.54) is 11.1 Å². The highest BCUT2D eigenvalue weighted by Gasteiger charge is 2.39. The van der Waals surface area contributed by atoms with Crippen LogP contribution in [-0.2, 0) is 33.9 Å². The van der Waals surface area contributed by atoms with Gasteiger partial charge in [0.05, 0.1) is 19.3 Å². The van der Waals surface area contributed by atoms with Crippen LogP contribution in [0.4, 0.5) is 11.4 Å². The van der Waals surface area contributed by atoms with Crippen LogP contribution in [0, 0.1) is 0 Å². The highest BCUT2D eigenvalue weighted by Crippen LogP contribution is 2.26. The van der Waals surface area contributed by atoms with Crippen molar-refractivity contribution in [3.63, 3.8) is 0 Å². The normalized spacial score (nSPS) is 21.1. The van der Waals surface area contributed by atoms with Crippen LogP contribution in [0.15, 0.2) is 72.8 Å². The van der Waals surface area contributed by atoms with E-state index in [-0.39, 0.29) is 23.9 Å². The molecule has 2 aliphatic rings. The summed E-state index contributed by atoms with van der Waals surface area (Å²) in [5.41, 5.74) is 4.94. The molecule has 0 spiro atoms. The van der Waals surface area contributed by atoms with E-state index < -0.39 is 6.04 Å². The summed E-state index contributed by atoms with van der Waals surface area (Å²) in [5, 5.41) is 11.3. The van der Waals surface area contributed by atoms with Gasteiger partial charge >= 0.3 is 0 Å². The maximum Gasteiger partial charge on any atom is 0.244 e. The molecule has 0 bridgehead atoms. The van der Waals surface area contributed by atoms with Gasteiger partial charge in [0.25, 0.3) is 0 Å². The second-order valence-corrected chi connectivity index (χ2v) is 13.4. The van der Waals surface area contributed by atoms with Crippen LogP contribution >= 0.6 is 0 Å². The number of para-hydroxylation sites is 1. The van der Waals surface area contributed by atoms with Crippen LogP contribution in [0.1, 0.15) is 42.9 Å². The van der Waals surface area contributed by atoms with Crippen LogP contribution in [0.2, 0.25) is 0 Å². The minimum atomic E-state index is -0.405. The minimum Gasteiger partial charge on any atom is -0.493 e. The third-order valence-electron chi connectivity index (χ3n) is 9.39. The van der Waals surface area contributed by atoms with E-state index in [0.717, 1.165) is 54.9 Å². The Balaban J connectivity index is 1.10. The summed E-state index contributed by atoms with van der Waals surface area (Å²) in [6.45, 7) is 4.54. The number of amides is 2. The standard InChI is InChI=1S/C38H52N6O4/c1-6-21-47-36-10-8-7-9-29(36)26-48-44-25-33(43(4)5)23-35(44)38(46)41-31-19-15-28(16-20-31)12-11-27-13-17-30(18-14-27)40-37(45)34-22-32(24-39-34)42(2)3/h7-10,13-20,32-35,39H,6,11-12,21-26H2,1-5H3,(H,40,45)(H,41,46)/t32-,33-,34-,35-/m0/s1. The van der Waals surface area contributed by atoms with Crippen molar-refractivity contribution in [2.75, 3.05) is 58.5 Å². The first-order valence-electron chi connectivity index (χ1n) is 17.2. The maximum atomic E-state index is 13.5. The Labute approximate surface area is 285 Å². The number of rotatable bonds is 15. The first kappa shape index (κ1) is 35.5. The fourth-order valence-corrected chi connectivity index (χ4v) is 6.23. The predicted molar refractivity (Wildman–Crippen MR) is 191 cm³/mol. The van der Waals surface area contributed by atoms with E-state index in [0.29, 0.717) is 32.2 Å². The van der Waals surface area contributed by atoms with Gasteiger partial charge in [0.2, 0.25) is 11.8 Å². The van der Waals surface area contributed by atoms with Crippen molar-refractivity contribution >= 4 is 23.2 Å². The lowest BCUT2D eigenvalue weighted by Crippen LogP contribution is -2.39. The molecule has 0 unspecified atom stereocenters. The highest BCUT2D eigenvalue weighted by molar-refractivity contribution is 5.95. The molecule has 258 valence electrons. The molecule has 2 amide bonds. The average molecular weight is 657 g/mol. The van der Waals surface area contributed by atoms with Crippen LogP contribution in [0.5, 0.6) is 5.75 Å². The Bertz CT molecular complexity index is 1480. The quantitative estimate of drug-likeness (QED) is 0.219. The predicted octanol–water partition coefficient (Wildman–Crippen LogP) is 4.57. The van der Waals surface area contributed by atoms with Gasteiger partial charge in [0.1, 0.15) is 11.8 Å². The number of nitrogens with one attached hydrogen (secondary N) is 3. The highest BCUT2D eigenvalue weighted by atomic mass is 16.7. The van der Waals surface area contributed by atoms with Gasteiger partial charge in [-0.25, -0.2) is 0 Å². The first-order chi connectivity index (χ1) is 23.2. The number of carbonyl (C=O) groups excluding carboxylic acids is 2. The third kappa shape index (κ3) is 9.64. The summed E-state index contributed by atoms with van der Waals surface area (Å²) >= 11 is 0. The number of carbonyl (C=O) groups is 2. The molecule has 4 atom stereocenters. The summed E-state index contributed by atoms with van der Waals surface area (Å²) in [4.78, 5) is 36.8. The van der Waals surface area contributed by atoms with E-state index in [1.54, 1.807) is 0 Å². The smallest absolute Gasteiger partial charge is 0.244 e. The molecule has 0 aliphatic carbocycles. The lowest BCUT2D eigenvalue weighted by molar-refractivity contribution is -0.183. The van der Waals surface area contributed by atoms with E-state index in [4.69, 9.17) is 9.57 Å².